The van der Waals surface area contributed by atoms with Gasteiger partial charge in [-0.3, -0.25) is 0 Å². The third kappa shape index (κ3) is 7.31. The van der Waals surface area contributed by atoms with E-state index in [1.807, 2.05) is 18.2 Å². The van der Waals surface area contributed by atoms with Crippen LogP contribution in [0, 0.1) is 0 Å². The molecule has 0 aliphatic heterocycles. The summed E-state index contributed by atoms with van der Waals surface area (Å²) < 4.78 is 10.4. The highest BCUT2D eigenvalue weighted by molar-refractivity contribution is 5.67. The van der Waals surface area contributed by atoms with Gasteiger partial charge in [0.05, 0.1) is 6.54 Å². The van der Waals surface area contributed by atoms with Crippen molar-refractivity contribution >= 4 is 6.09 Å². The maximum absolute atomic E-state index is 11.4. The van der Waals surface area contributed by atoms with Crippen LogP contribution in [-0.4, -0.2) is 36.1 Å². The van der Waals surface area contributed by atoms with Crippen LogP contribution in [0.15, 0.2) is 30.3 Å². The first kappa shape index (κ1) is 15.3. The van der Waals surface area contributed by atoms with Crippen LogP contribution in [0.2, 0.25) is 0 Å². The quantitative estimate of drug-likeness (QED) is 0.855. The van der Waals surface area contributed by atoms with Gasteiger partial charge in [-0.1, -0.05) is 18.2 Å². The van der Waals surface area contributed by atoms with Gasteiger partial charge in [-0.05, 0) is 32.9 Å². The minimum absolute atomic E-state index is 0.0851. The Labute approximate surface area is 113 Å². The van der Waals surface area contributed by atoms with E-state index in [9.17, 15) is 9.90 Å². The number of aliphatic hydroxyl groups is 1. The standard InChI is InChI=1S/C14H21NO4/c1-14(2,3)19-13(17)15-9-11(16)10-18-12-7-5-4-6-8-12/h4-8,11,16H,9-10H2,1-3H3,(H,15,17)/t11-/m0/s1. The number of hydrogen-bond acceptors (Lipinski definition) is 4. The molecule has 0 spiro atoms. The summed E-state index contributed by atoms with van der Waals surface area (Å²) in [4.78, 5) is 11.4. The van der Waals surface area contributed by atoms with E-state index in [0.717, 1.165) is 0 Å². The number of hydrogen-bond donors (Lipinski definition) is 2. The van der Waals surface area contributed by atoms with Crippen molar-refractivity contribution in [3.63, 3.8) is 0 Å². The van der Waals surface area contributed by atoms with Gasteiger partial charge in [0.2, 0.25) is 0 Å². The van der Waals surface area contributed by atoms with Gasteiger partial charge < -0.3 is 19.9 Å². The molecule has 0 bridgehead atoms. The molecule has 5 heteroatoms. The molecule has 0 heterocycles. The largest absolute Gasteiger partial charge is 0.491 e. The van der Waals surface area contributed by atoms with Crippen LogP contribution in [0.5, 0.6) is 5.75 Å². The molecule has 1 aromatic rings. The van der Waals surface area contributed by atoms with Crippen LogP contribution in [0.25, 0.3) is 0 Å². The highest BCUT2D eigenvalue weighted by Gasteiger charge is 2.16. The van der Waals surface area contributed by atoms with E-state index in [4.69, 9.17) is 9.47 Å². The minimum Gasteiger partial charge on any atom is -0.491 e. The Kier molecular flexibility index (Phi) is 5.63. The van der Waals surface area contributed by atoms with Crippen molar-refractivity contribution in [3.8, 4) is 5.75 Å². The third-order valence-corrected chi connectivity index (χ3v) is 2.07. The van der Waals surface area contributed by atoms with Gasteiger partial charge in [0.15, 0.2) is 0 Å². The Balaban J connectivity index is 2.21. The molecule has 1 atom stereocenters. The number of benzene rings is 1. The topological polar surface area (TPSA) is 67.8 Å². The first-order valence-corrected chi connectivity index (χ1v) is 6.19. The van der Waals surface area contributed by atoms with Crippen molar-refractivity contribution in [1.82, 2.24) is 5.32 Å². The van der Waals surface area contributed by atoms with E-state index in [0.29, 0.717) is 5.75 Å². The van der Waals surface area contributed by atoms with E-state index >= 15 is 0 Å². The molecule has 5 nitrogen and oxygen atoms in total. The smallest absolute Gasteiger partial charge is 0.407 e. The molecule has 0 unspecified atom stereocenters. The average Bonchev–Trinajstić information content (AvgIpc) is 2.33. The first-order chi connectivity index (χ1) is 8.87. The van der Waals surface area contributed by atoms with Crippen LogP contribution in [0.3, 0.4) is 0 Å². The Morgan fingerprint density at radius 3 is 2.53 bits per heavy atom. The molecular weight excluding hydrogens is 246 g/mol. The molecule has 1 rings (SSSR count). The molecule has 0 radical (unpaired) electrons. The zero-order chi connectivity index (χ0) is 14.3. The monoisotopic (exact) mass is 267 g/mol. The summed E-state index contributed by atoms with van der Waals surface area (Å²) in [5.41, 5.74) is -0.546. The second-order valence-electron chi connectivity index (χ2n) is 5.16. The Bertz CT molecular complexity index is 386. The van der Waals surface area contributed by atoms with E-state index < -0.39 is 17.8 Å². The van der Waals surface area contributed by atoms with E-state index in [1.165, 1.54) is 0 Å². The van der Waals surface area contributed by atoms with Gasteiger partial charge >= 0.3 is 6.09 Å². The molecule has 0 aliphatic rings. The highest BCUT2D eigenvalue weighted by atomic mass is 16.6. The summed E-state index contributed by atoms with van der Waals surface area (Å²) in [7, 11) is 0. The summed E-state index contributed by atoms with van der Waals surface area (Å²) in [5.74, 6) is 0.679. The van der Waals surface area contributed by atoms with Crippen LogP contribution in [0.4, 0.5) is 4.79 Å². The summed E-state index contributed by atoms with van der Waals surface area (Å²) >= 11 is 0. The number of amides is 1. The van der Waals surface area contributed by atoms with E-state index in [2.05, 4.69) is 5.32 Å². The highest BCUT2D eigenvalue weighted by Crippen LogP contribution is 2.08. The van der Waals surface area contributed by atoms with Crippen molar-refractivity contribution in [3.05, 3.63) is 30.3 Å². The maximum atomic E-state index is 11.4. The van der Waals surface area contributed by atoms with E-state index in [-0.39, 0.29) is 13.2 Å². The number of nitrogens with one attached hydrogen (secondary N) is 1. The van der Waals surface area contributed by atoms with Crippen molar-refractivity contribution in [2.24, 2.45) is 0 Å². The summed E-state index contributed by atoms with van der Waals surface area (Å²) in [6, 6.07) is 9.18. The molecule has 2 N–H and O–H groups in total. The summed E-state index contributed by atoms with van der Waals surface area (Å²) in [5, 5.41) is 12.1. The lowest BCUT2D eigenvalue weighted by Crippen LogP contribution is -2.38. The van der Waals surface area contributed by atoms with Crippen LogP contribution >= 0.6 is 0 Å². The Morgan fingerprint density at radius 1 is 1.32 bits per heavy atom. The Hall–Kier alpha value is -1.75. The third-order valence-electron chi connectivity index (χ3n) is 2.07. The number of carbonyl (C=O) groups is 1. The number of aliphatic hydroxyl groups excluding tert-OH is 1. The molecule has 0 aromatic heterocycles. The molecular formula is C14H21NO4. The normalized spacial score (nSPS) is 12.6. The van der Waals surface area contributed by atoms with Crippen molar-refractivity contribution in [2.75, 3.05) is 13.2 Å². The van der Waals surface area contributed by atoms with Crippen molar-refractivity contribution in [2.45, 2.75) is 32.5 Å². The molecule has 0 fully saturated rings. The van der Waals surface area contributed by atoms with Gasteiger partial charge in [0, 0.05) is 0 Å². The fourth-order valence-electron chi connectivity index (χ4n) is 1.28. The lowest BCUT2D eigenvalue weighted by molar-refractivity contribution is 0.0463. The lowest BCUT2D eigenvalue weighted by atomic mass is 10.2. The van der Waals surface area contributed by atoms with Gasteiger partial charge in [0.25, 0.3) is 0 Å². The molecule has 19 heavy (non-hydrogen) atoms. The van der Waals surface area contributed by atoms with Gasteiger partial charge in [-0.2, -0.15) is 0 Å². The molecule has 0 aliphatic carbocycles. The number of carbonyl (C=O) groups excluding carboxylic acids is 1. The van der Waals surface area contributed by atoms with Gasteiger partial charge in [-0.15, -0.1) is 0 Å². The number of rotatable bonds is 5. The zero-order valence-electron chi connectivity index (χ0n) is 11.6. The first-order valence-electron chi connectivity index (χ1n) is 6.19. The van der Waals surface area contributed by atoms with Gasteiger partial charge in [-0.25, -0.2) is 4.79 Å². The summed E-state index contributed by atoms with van der Waals surface area (Å²) in [6.45, 7) is 5.53. The van der Waals surface area contributed by atoms with Crippen molar-refractivity contribution in [1.29, 1.82) is 0 Å². The second kappa shape index (κ2) is 6.99. The Morgan fingerprint density at radius 2 is 1.95 bits per heavy atom. The predicted molar refractivity (Wildman–Crippen MR) is 72.2 cm³/mol. The molecule has 0 saturated heterocycles. The predicted octanol–water partition coefficient (Wildman–Crippen LogP) is 1.95. The van der Waals surface area contributed by atoms with E-state index in [1.54, 1.807) is 32.9 Å². The zero-order valence-corrected chi connectivity index (χ0v) is 11.6. The minimum atomic E-state index is -0.785. The molecule has 1 amide bonds. The molecule has 0 saturated carbocycles. The number of alkyl carbamates (subject to hydrolysis) is 1. The van der Waals surface area contributed by atoms with Gasteiger partial charge in [0.1, 0.15) is 24.1 Å². The number of para-hydroxylation sites is 1. The molecule has 106 valence electrons. The fraction of sp³-hybridized carbons (Fsp3) is 0.500. The van der Waals surface area contributed by atoms with Crippen LogP contribution in [0.1, 0.15) is 20.8 Å². The lowest BCUT2D eigenvalue weighted by Gasteiger charge is -2.20. The van der Waals surface area contributed by atoms with Crippen molar-refractivity contribution < 1.29 is 19.4 Å². The van der Waals surface area contributed by atoms with Crippen LogP contribution in [-0.2, 0) is 4.74 Å². The fourth-order valence-corrected chi connectivity index (χ4v) is 1.28. The maximum Gasteiger partial charge on any atom is 0.407 e. The number of ether oxygens (including phenoxy) is 2. The van der Waals surface area contributed by atoms with Crippen LogP contribution < -0.4 is 10.1 Å². The SMILES string of the molecule is CC(C)(C)OC(=O)NC[C@H](O)COc1ccccc1. The summed E-state index contributed by atoms with van der Waals surface area (Å²) in [6.07, 6.45) is -1.33. The second-order valence-corrected chi connectivity index (χ2v) is 5.16. The molecule has 1 aromatic carbocycles. The average molecular weight is 267 g/mol.